The average molecular weight is 279 g/mol. The van der Waals surface area contributed by atoms with Gasteiger partial charge in [-0.1, -0.05) is 0 Å². The van der Waals surface area contributed by atoms with Crippen molar-refractivity contribution in [3.63, 3.8) is 0 Å². The Bertz CT molecular complexity index is 562. The van der Waals surface area contributed by atoms with E-state index in [9.17, 15) is 16.8 Å². The van der Waals surface area contributed by atoms with Crippen LogP contribution in [-0.2, 0) is 19.9 Å². The molecule has 2 N–H and O–H groups in total. The van der Waals surface area contributed by atoms with Crippen molar-refractivity contribution in [2.75, 3.05) is 11.5 Å². The molecule has 1 aromatic heterocycles. The molecule has 0 saturated carbocycles. The predicted octanol–water partition coefficient (Wildman–Crippen LogP) is -0.735. The van der Waals surface area contributed by atoms with Crippen LogP contribution >= 0.6 is 0 Å². The molecule has 2 heterocycles. The average Bonchev–Trinajstić information content (AvgIpc) is 2.75. The van der Waals surface area contributed by atoms with Crippen molar-refractivity contribution in [3.8, 4) is 0 Å². The summed E-state index contributed by atoms with van der Waals surface area (Å²) in [7, 11) is -6.60. The van der Waals surface area contributed by atoms with E-state index in [1.54, 1.807) is 0 Å². The van der Waals surface area contributed by atoms with Gasteiger partial charge in [0.05, 0.1) is 24.0 Å². The maximum atomic E-state index is 11.8. The van der Waals surface area contributed by atoms with E-state index in [-0.39, 0.29) is 22.6 Å². The van der Waals surface area contributed by atoms with Gasteiger partial charge in [0.1, 0.15) is 9.84 Å². The normalized spacial score (nSPS) is 21.4. The molecule has 9 heteroatoms. The lowest BCUT2D eigenvalue weighted by molar-refractivity contribution is 0.504. The predicted molar refractivity (Wildman–Crippen MR) is 60.6 cm³/mol. The standard InChI is InChI=1S/C8H13N3O4S2/c12-16(13)3-1-7(2-4-16)11-17(14,15)8-5-9-6-10-8/h5-7,11H,1-4H2,(H,9,10). The topological polar surface area (TPSA) is 109 Å². The first-order valence-corrected chi connectivity index (χ1v) is 8.41. The number of H-pyrrole nitrogens is 1. The molecule has 0 aliphatic carbocycles. The van der Waals surface area contributed by atoms with Crippen LogP contribution in [0, 0.1) is 0 Å². The molecule has 0 amide bonds. The number of aromatic nitrogens is 2. The van der Waals surface area contributed by atoms with E-state index in [4.69, 9.17) is 0 Å². The maximum Gasteiger partial charge on any atom is 0.257 e. The Morgan fingerprint density at radius 3 is 2.53 bits per heavy atom. The highest BCUT2D eigenvalue weighted by Gasteiger charge is 2.27. The molecule has 0 atom stereocenters. The molecule has 96 valence electrons. The van der Waals surface area contributed by atoms with Crippen molar-refractivity contribution in [1.29, 1.82) is 0 Å². The molecule has 0 spiro atoms. The number of sulfonamides is 1. The molecule has 1 aromatic rings. The van der Waals surface area contributed by atoms with Gasteiger partial charge in [-0.2, -0.15) is 0 Å². The fourth-order valence-electron chi connectivity index (χ4n) is 1.68. The highest BCUT2D eigenvalue weighted by molar-refractivity contribution is 7.91. The van der Waals surface area contributed by atoms with Crippen molar-refractivity contribution < 1.29 is 16.8 Å². The SMILES string of the molecule is O=S1(=O)CCC(NS(=O)(=O)c2cnc[nH]2)CC1. The summed E-state index contributed by atoms with van der Waals surface area (Å²) in [5.74, 6) is 0.0618. The van der Waals surface area contributed by atoms with Gasteiger partial charge in [-0.05, 0) is 12.8 Å². The first-order valence-electron chi connectivity index (χ1n) is 5.10. The van der Waals surface area contributed by atoms with Crippen LogP contribution < -0.4 is 4.72 Å². The summed E-state index contributed by atoms with van der Waals surface area (Å²) in [5, 5.41) is -0.00840. The molecule has 0 radical (unpaired) electrons. The minimum absolute atomic E-state index is 0.00840. The largest absolute Gasteiger partial charge is 0.335 e. The quantitative estimate of drug-likeness (QED) is 0.758. The summed E-state index contributed by atoms with van der Waals surface area (Å²) < 4.78 is 48.4. The van der Waals surface area contributed by atoms with Crippen molar-refractivity contribution in [2.24, 2.45) is 0 Å². The van der Waals surface area contributed by atoms with Gasteiger partial charge < -0.3 is 4.98 Å². The third-order valence-electron chi connectivity index (χ3n) is 2.64. The Morgan fingerprint density at radius 2 is 2.00 bits per heavy atom. The summed E-state index contributed by atoms with van der Waals surface area (Å²) in [6, 6.07) is -0.327. The summed E-state index contributed by atoms with van der Waals surface area (Å²) in [6.07, 6.45) is 3.12. The lowest BCUT2D eigenvalue weighted by Gasteiger charge is -2.22. The molecule has 2 rings (SSSR count). The van der Waals surface area contributed by atoms with Crippen LogP contribution in [0.3, 0.4) is 0 Å². The second-order valence-corrected chi connectivity index (χ2v) is 7.95. The molecular formula is C8H13N3O4S2. The number of hydrogen-bond acceptors (Lipinski definition) is 5. The van der Waals surface area contributed by atoms with Crippen molar-refractivity contribution >= 4 is 19.9 Å². The minimum atomic E-state index is -3.62. The van der Waals surface area contributed by atoms with Crippen molar-refractivity contribution in [1.82, 2.24) is 14.7 Å². The van der Waals surface area contributed by atoms with Crippen molar-refractivity contribution in [3.05, 3.63) is 12.5 Å². The van der Waals surface area contributed by atoms with E-state index in [1.807, 2.05) is 0 Å². The van der Waals surface area contributed by atoms with Crippen LogP contribution in [0.5, 0.6) is 0 Å². The van der Waals surface area contributed by atoms with Gasteiger partial charge in [-0.15, -0.1) is 0 Å². The molecule has 0 aromatic carbocycles. The number of nitrogens with zero attached hydrogens (tertiary/aromatic N) is 1. The zero-order valence-corrected chi connectivity index (χ0v) is 10.6. The Kier molecular flexibility index (Phi) is 3.23. The number of rotatable bonds is 3. The molecule has 1 aliphatic heterocycles. The number of sulfone groups is 1. The minimum Gasteiger partial charge on any atom is -0.335 e. The Morgan fingerprint density at radius 1 is 1.35 bits per heavy atom. The zero-order chi connectivity index (χ0) is 12.5. The van der Waals surface area contributed by atoms with Crippen LogP contribution in [0.4, 0.5) is 0 Å². The van der Waals surface area contributed by atoms with Gasteiger partial charge in [0, 0.05) is 6.04 Å². The van der Waals surface area contributed by atoms with Gasteiger partial charge in [0.2, 0.25) is 0 Å². The second kappa shape index (κ2) is 4.39. The lowest BCUT2D eigenvalue weighted by atomic mass is 10.2. The molecule has 1 aliphatic rings. The molecule has 7 nitrogen and oxygen atoms in total. The lowest BCUT2D eigenvalue weighted by Crippen LogP contribution is -2.40. The monoisotopic (exact) mass is 279 g/mol. The number of nitrogens with one attached hydrogen (secondary N) is 2. The first kappa shape index (κ1) is 12.5. The number of aromatic amines is 1. The molecule has 17 heavy (non-hydrogen) atoms. The van der Waals surface area contributed by atoms with Crippen LogP contribution in [0.25, 0.3) is 0 Å². The maximum absolute atomic E-state index is 11.8. The van der Waals surface area contributed by atoms with Crippen molar-refractivity contribution in [2.45, 2.75) is 23.9 Å². The van der Waals surface area contributed by atoms with Gasteiger partial charge in [0.25, 0.3) is 10.0 Å². The Balaban J connectivity index is 2.04. The fourth-order valence-corrected chi connectivity index (χ4v) is 4.38. The Labute approximate surface area is 99.6 Å². The van der Waals surface area contributed by atoms with Crippen LogP contribution in [0.15, 0.2) is 17.6 Å². The van der Waals surface area contributed by atoms with E-state index >= 15 is 0 Å². The van der Waals surface area contributed by atoms with E-state index in [1.165, 1.54) is 12.5 Å². The highest BCUT2D eigenvalue weighted by Crippen LogP contribution is 2.14. The van der Waals surface area contributed by atoms with Gasteiger partial charge in [-0.3, -0.25) is 0 Å². The first-order chi connectivity index (χ1) is 7.89. The second-order valence-electron chi connectivity index (χ2n) is 3.96. The molecular weight excluding hydrogens is 266 g/mol. The smallest absolute Gasteiger partial charge is 0.257 e. The third-order valence-corrected chi connectivity index (χ3v) is 5.80. The molecule has 1 fully saturated rings. The molecule has 0 bridgehead atoms. The van der Waals surface area contributed by atoms with E-state index in [2.05, 4.69) is 14.7 Å². The molecule has 1 saturated heterocycles. The van der Waals surface area contributed by atoms with Crippen LogP contribution in [0.2, 0.25) is 0 Å². The van der Waals surface area contributed by atoms with E-state index < -0.39 is 19.9 Å². The summed E-state index contributed by atoms with van der Waals surface area (Å²) in [6.45, 7) is 0. The fraction of sp³-hybridized carbons (Fsp3) is 0.625. The van der Waals surface area contributed by atoms with E-state index in [0.717, 1.165) is 0 Å². The van der Waals surface area contributed by atoms with Gasteiger partial charge >= 0.3 is 0 Å². The number of imidazole rings is 1. The summed E-state index contributed by atoms with van der Waals surface area (Å²) >= 11 is 0. The van der Waals surface area contributed by atoms with Gasteiger partial charge in [0.15, 0.2) is 5.03 Å². The molecule has 0 unspecified atom stereocenters. The van der Waals surface area contributed by atoms with E-state index in [0.29, 0.717) is 12.8 Å². The Hall–Kier alpha value is -0.930. The van der Waals surface area contributed by atoms with Gasteiger partial charge in [-0.25, -0.2) is 26.5 Å². The highest BCUT2D eigenvalue weighted by atomic mass is 32.2. The third kappa shape index (κ3) is 3.05. The summed E-state index contributed by atoms with van der Waals surface area (Å²) in [5.41, 5.74) is 0. The van der Waals surface area contributed by atoms with Crippen LogP contribution in [-0.4, -0.2) is 44.4 Å². The number of hydrogen-bond donors (Lipinski definition) is 2. The van der Waals surface area contributed by atoms with Crippen LogP contribution in [0.1, 0.15) is 12.8 Å². The zero-order valence-electron chi connectivity index (χ0n) is 8.96. The summed E-state index contributed by atoms with van der Waals surface area (Å²) in [4.78, 5) is 6.14.